The molecule has 0 unspecified atom stereocenters. The maximum Gasteiger partial charge on any atom is 0.326 e. The fourth-order valence-electron chi connectivity index (χ4n) is 1.82. The van der Waals surface area contributed by atoms with Crippen molar-refractivity contribution in [1.82, 2.24) is 4.90 Å². The van der Waals surface area contributed by atoms with Crippen molar-refractivity contribution < 1.29 is 23.5 Å². The molecule has 1 saturated heterocycles. The summed E-state index contributed by atoms with van der Waals surface area (Å²) in [5.74, 6) is -1.48. The Morgan fingerprint density at radius 1 is 1.39 bits per heavy atom. The van der Waals surface area contributed by atoms with Crippen LogP contribution >= 0.6 is 11.8 Å². The molecule has 1 aliphatic heterocycles. The van der Waals surface area contributed by atoms with Gasteiger partial charge in [0, 0.05) is 0 Å². The van der Waals surface area contributed by atoms with E-state index in [9.17, 15) is 18.8 Å². The van der Waals surface area contributed by atoms with Gasteiger partial charge in [-0.25, -0.2) is 4.39 Å². The lowest BCUT2D eigenvalue weighted by Gasteiger charge is -2.12. The lowest BCUT2D eigenvalue weighted by Crippen LogP contribution is -2.34. The van der Waals surface area contributed by atoms with Gasteiger partial charge < -0.3 is 4.74 Å². The third-order valence-electron chi connectivity index (χ3n) is 2.88. The molecule has 23 heavy (non-hydrogen) atoms. The molecule has 2 rings (SSSR count). The third-order valence-corrected chi connectivity index (χ3v) is 3.79. The molecule has 0 aromatic heterocycles. The van der Waals surface area contributed by atoms with Crippen molar-refractivity contribution in [1.29, 1.82) is 0 Å². The van der Waals surface area contributed by atoms with Crippen LogP contribution < -0.4 is 0 Å². The monoisotopic (exact) mass is 337 g/mol. The maximum atomic E-state index is 13.2. The van der Waals surface area contributed by atoms with Crippen LogP contribution in [0.4, 0.5) is 9.18 Å². The number of imide groups is 1. The highest BCUT2D eigenvalue weighted by molar-refractivity contribution is 8.18. The molecule has 1 aromatic carbocycles. The number of halogens is 1. The Balaban J connectivity index is 2.06. The molecular weight excluding hydrogens is 321 g/mol. The molecule has 1 heterocycles. The zero-order valence-electron chi connectivity index (χ0n) is 12.7. The Bertz CT molecular complexity index is 672. The first-order chi connectivity index (χ1) is 10.9. The number of ether oxygens (including phenoxy) is 1. The van der Waals surface area contributed by atoms with E-state index in [1.807, 2.05) is 13.8 Å². The standard InChI is InChI=1S/C16H16FNO4S/c1-10(2)9-22-14(19)8-18-15(20)13(23-16(18)21)7-11-4-3-5-12(17)6-11/h3-7,10H,8-9H2,1-2H3/b13-7+. The number of benzene rings is 1. The SMILES string of the molecule is CC(C)COC(=O)CN1C(=O)S/C(=C/c2cccc(F)c2)C1=O. The fourth-order valence-corrected chi connectivity index (χ4v) is 2.66. The summed E-state index contributed by atoms with van der Waals surface area (Å²) in [6.07, 6.45) is 1.42. The zero-order valence-corrected chi connectivity index (χ0v) is 13.6. The second kappa shape index (κ2) is 7.41. The van der Waals surface area contributed by atoms with Crippen molar-refractivity contribution in [2.75, 3.05) is 13.2 Å². The Morgan fingerprint density at radius 3 is 2.78 bits per heavy atom. The van der Waals surface area contributed by atoms with Crippen molar-refractivity contribution in [2.45, 2.75) is 13.8 Å². The molecule has 1 aromatic rings. The predicted octanol–water partition coefficient (Wildman–Crippen LogP) is 3.06. The Kier molecular flexibility index (Phi) is 5.54. The number of carbonyl (C=O) groups is 3. The highest BCUT2D eigenvalue weighted by atomic mass is 32.2. The number of hydrogen-bond donors (Lipinski definition) is 0. The molecule has 1 aliphatic rings. The lowest BCUT2D eigenvalue weighted by atomic mass is 10.2. The number of nitrogens with zero attached hydrogens (tertiary/aromatic N) is 1. The van der Waals surface area contributed by atoms with Crippen molar-refractivity contribution in [2.24, 2.45) is 5.92 Å². The first-order valence-corrected chi connectivity index (χ1v) is 7.85. The van der Waals surface area contributed by atoms with E-state index in [0.717, 1.165) is 16.7 Å². The third kappa shape index (κ3) is 4.66. The fraction of sp³-hybridized carbons (Fsp3) is 0.312. The molecule has 0 atom stereocenters. The highest BCUT2D eigenvalue weighted by Crippen LogP contribution is 2.32. The Morgan fingerprint density at radius 2 is 2.13 bits per heavy atom. The van der Waals surface area contributed by atoms with Gasteiger partial charge in [0.1, 0.15) is 12.4 Å². The summed E-state index contributed by atoms with van der Waals surface area (Å²) in [5, 5.41) is -0.542. The normalized spacial score (nSPS) is 16.5. The van der Waals surface area contributed by atoms with E-state index in [-0.39, 0.29) is 17.4 Å². The maximum absolute atomic E-state index is 13.2. The van der Waals surface area contributed by atoms with Gasteiger partial charge in [-0.05, 0) is 41.5 Å². The number of rotatable bonds is 5. The van der Waals surface area contributed by atoms with E-state index < -0.39 is 29.5 Å². The van der Waals surface area contributed by atoms with Gasteiger partial charge in [0.25, 0.3) is 11.1 Å². The van der Waals surface area contributed by atoms with E-state index in [1.54, 1.807) is 6.07 Å². The molecule has 0 N–H and O–H groups in total. The molecule has 0 aliphatic carbocycles. The van der Waals surface area contributed by atoms with Gasteiger partial charge in [-0.2, -0.15) is 0 Å². The summed E-state index contributed by atoms with van der Waals surface area (Å²) in [6.45, 7) is 3.58. The topological polar surface area (TPSA) is 63.7 Å². The molecule has 5 nitrogen and oxygen atoms in total. The number of esters is 1. The largest absolute Gasteiger partial charge is 0.464 e. The van der Waals surface area contributed by atoms with E-state index in [4.69, 9.17) is 4.74 Å². The Labute approximate surface area is 137 Å². The van der Waals surface area contributed by atoms with Crippen LogP contribution in [0.15, 0.2) is 29.2 Å². The second-order valence-electron chi connectivity index (χ2n) is 5.40. The number of carbonyl (C=O) groups excluding carboxylic acids is 3. The smallest absolute Gasteiger partial charge is 0.326 e. The first-order valence-electron chi connectivity index (χ1n) is 7.03. The van der Waals surface area contributed by atoms with Crippen LogP contribution in [0, 0.1) is 11.7 Å². The van der Waals surface area contributed by atoms with Crippen LogP contribution in [0.1, 0.15) is 19.4 Å². The van der Waals surface area contributed by atoms with Crippen LogP contribution in [-0.2, 0) is 14.3 Å². The minimum atomic E-state index is -0.631. The highest BCUT2D eigenvalue weighted by Gasteiger charge is 2.36. The summed E-state index contributed by atoms with van der Waals surface area (Å²) in [6, 6.07) is 5.67. The van der Waals surface area contributed by atoms with Gasteiger partial charge >= 0.3 is 5.97 Å². The molecule has 122 valence electrons. The first kappa shape index (κ1) is 17.2. The molecule has 0 spiro atoms. The van der Waals surface area contributed by atoms with Crippen molar-refractivity contribution >= 4 is 35.0 Å². The number of thioether (sulfide) groups is 1. The molecule has 0 bridgehead atoms. The quantitative estimate of drug-likeness (QED) is 0.610. The van der Waals surface area contributed by atoms with Gasteiger partial charge in [-0.3, -0.25) is 19.3 Å². The Hall–Kier alpha value is -2.15. The minimum Gasteiger partial charge on any atom is -0.464 e. The van der Waals surface area contributed by atoms with Crippen LogP contribution in [-0.4, -0.2) is 35.2 Å². The van der Waals surface area contributed by atoms with Gasteiger partial charge in [0.05, 0.1) is 11.5 Å². The minimum absolute atomic E-state index is 0.150. The predicted molar refractivity (Wildman–Crippen MR) is 84.9 cm³/mol. The molecule has 0 saturated carbocycles. The summed E-state index contributed by atoms with van der Waals surface area (Å²) in [4.78, 5) is 36.7. The average Bonchev–Trinajstić information content (AvgIpc) is 2.73. The van der Waals surface area contributed by atoms with Crippen LogP contribution in [0.5, 0.6) is 0 Å². The number of hydrogen-bond acceptors (Lipinski definition) is 5. The van der Waals surface area contributed by atoms with E-state index in [0.29, 0.717) is 5.56 Å². The molecule has 7 heteroatoms. The molecule has 2 amide bonds. The van der Waals surface area contributed by atoms with Crippen molar-refractivity contribution in [3.63, 3.8) is 0 Å². The summed E-state index contributed by atoms with van der Waals surface area (Å²) in [5.41, 5.74) is 0.470. The van der Waals surface area contributed by atoms with E-state index >= 15 is 0 Å². The van der Waals surface area contributed by atoms with Crippen LogP contribution in [0.2, 0.25) is 0 Å². The zero-order chi connectivity index (χ0) is 17.0. The van der Waals surface area contributed by atoms with Gasteiger partial charge in [-0.15, -0.1) is 0 Å². The number of amides is 2. The van der Waals surface area contributed by atoms with Crippen LogP contribution in [0.25, 0.3) is 6.08 Å². The van der Waals surface area contributed by atoms with Gasteiger partial charge in [0.15, 0.2) is 0 Å². The second-order valence-corrected chi connectivity index (χ2v) is 6.39. The summed E-state index contributed by atoms with van der Waals surface area (Å²) < 4.78 is 18.1. The van der Waals surface area contributed by atoms with E-state index in [1.165, 1.54) is 24.3 Å². The lowest BCUT2D eigenvalue weighted by molar-refractivity contribution is -0.147. The van der Waals surface area contributed by atoms with Crippen molar-refractivity contribution in [3.8, 4) is 0 Å². The van der Waals surface area contributed by atoms with Crippen LogP contribution in [0.3, 0.4) is 0 Å². The molecule has 0 radical (unpaired) electrons. The van der Waals surface area contributed by atoms with E-state index in [2.05, 4.69) is 0 Å². The molecular formula is C16H16FNO4S. The summed E-state index contributed by atoms with van der Waals surface area (Å²) >= 11 is 0.717. The average molecular weight is 337 g/mol. The van der Waals surface area contributed by atoms with Crippen molar-refractivity contribution in [3.05, 3.63) is 40.6 Å². The molecule has 1 fully saturated rings. The van der Waals surface area contributed by atoms with Gasteiger partial charge in [0.2, 0.25) is 0 Å². The summed E-state index contributed by atoms with van der Waals surface area (Å²) in [7, 11) is 0. The van der Waals surface area contributed by atoms with Gasteiger partial charge in [-0.1, -0.05) is 26.0 Å².